The Labute approximate surface area is 104 Å². The van der Waals surface area contributed by atoms with Crippen LogP contribution >= 0.6 is 11.3 Å². The Morgan fingerprint density at radius 2 is 2.35 bits per heavy atom. The van der Waals surface area contributed by atoms with Crippen LogP contribution in [0.3, 0.4) is 0 Å². The van der Waals surface area contributed by atoms with Crippen LogP contribution in [0.2, 0.25) is 0 Å². The Morgan fingerprint density at radius 1 is 1.65 bits per heavy atom. The van der Waals surface area contributed by atoms with E-state index in [-0.39, 0.29) is 5.91 Å². The molecule has 1 amide bonds. The zero-order valence-corrected chi connectivity index (χ0v) is 10.5. The molecule has 1 aromatic heterocycles. The van der Waals surface area contributed by atoms with Crippen molar-refractivity contribution in [2.45, 2.75) is 25.7 Å². The van der Waals surface area contributed by atoms with E-state index in [1.807, 2.05) is 10.3 Å². The van der Waals surface area contributed by atoms with Gasteiger partial charge in [-0.25, -0.2) is 4.98 Å². The molecule has 1 saturated heterocycles. The van der Waals surface area contributed by atoms with Gasteiger partial charge in [0.15, 0.2) is 0 Å². The minimum atomic E-state index is 0.149. The zero-order valence-electron chi connectivity index (χ0n) is 9.67. The number of hydrogen-bond acceptors (Lipinski definition) is 5. The maximum absolute atomic E-state index is 11.2. The average molecular weight is 253 g/mol. The van der Waals surface area contributed by atoms with Crippen molar-refractivity contribution in [3.8, 4) is 0 Å². The SMILES string of the molecule is CC(=O)N1CCC(c2nc(/C=N/O)cs2)CC1. The van der Waals surface area contributed by atoms with Crippen LogP contribution in [-0.2, 0) is 4.79 Å². The summed E-state index contributed by atoms with van der Waals surface area (Å²) in [6.45, 7) is 3.23. The van der Waals surface area contributed by atoms with Crippen molar-refractivity contribution in [1.82, 2.24) is 9.88 Å². The molecule has 6 heteroatoms. The predicted octanol–water partition coefficient (Wildman–Crippen LogP) is 1.68. The highest BCUT2D eigenvalue weighted by atomic mass is 32.1. The van der Waals surface area contributed by atoms with Crippen molar-refractivity contribution in [1.29, 1.82) is 0 Å². The van der Waals surface area contributed by atoms with E-state index in [9.17, 15) is 4.79 Å². The van der Waals surface area contributed by atoms with E-state index in [2.05, 4.69) is 10.1 Å². The molecular formula is C11H15N3O2S. The molecule has 0 radical (unpaired) electrons. The Morgan fingerprint density at radius 3 is 2.94 bits per heavy atom. The summed E-state index contributed by atoms with van der Waals surface area (Å²) >= 11 is 1.59. The maximum atomic E-state index is 11.2. The second-order valence-electron chi connectivity index (χ2n) is 4.14. The Balaban J connectivity index is 1.97. The van der Waals surface area contributed by atoms with Gasteiger partial charge in [0.2, 0.25) is 5.91 Å². The van der Waals surface area contributed by atoms with Crippen LogP contribution < -0.4 is 0 Å². The van der Waals surface area contributed by atoms with Gasteiger partial charge in [-0.2, -0.15) is 0 Å². The van der Waals surface area contributed by atoms with Crippen LogP contribution in [0.15, 0.2) is 10.5 Å². The molecular weight excluding hydrogens is 238 g/mol. The monoisotopic (exact) mass is 253 g/mol. The topological polar surface area (TPSA) is 65.8 Å². The smallest absolute Gasteiger partial charge is 0.219 e. The molecule has 0 aliphatic carbocycles. The number of piperidine rings is 1. The number of oxime groups is 1. The van der Waals surface area contributed by atoms with Gasteiger partial charge in [-0.1, -0.05) is 5.16 Å². The van der Waals surface area contributed by atoms with Crippen molar-refractivity contribution < 1.29 is 10.0 Å². The third-order valence-corrected chi connectivity index (χ3v) is 4.04. The molecule has 0 spiro atoms. The number of hydrogen-bond donors (Lipinski definition) is 1. The molecule has 1 aliphatic rings. The lowest BCUT2D eigenvalue weighted by molar-refractivity contribution is -0.129. The first-order chi connectivity index (χ1) is 8.20. The van der Waals surface area contributed by atoms with Gasteiger partial charge in [0.1, 0.15) is 0 Å². The molecule has 0 atom stereocenters. The zero-order chi connectivity index (χ0) is 12.3. The number of nitrogens with zero attached hydrogens (tertiary/aromatic N) is 3. The number of aromatic nitrogens is 1. The number of carbonyl (C=O) groups excluding carboxylic acids is 1. The van der Waals surface area contributed by atoms with Crippen molar-refractivity contribution in [2.75, 3.05) is 13.1 Å². The lowest BCUT2D eigenvalue weighted by atomic mass is 9.97. The second-order valence-corrected chi connectivity index (χ2v) is 5.03. The summed E-state index contributed by atoms with van der Waals surface area (Å²) in [6.07, 6.45) is 3.26. The molecule has 1 aromatic rings. The quantitative estimate of drug-likeness (QED) is 0.495. The molecule has 0 bridgehead atoms. The Bertz CT molecular complexity index is 422. The van der Waals surface area contributed by atoms with Crippen LogP contribution in [0.1, 0.15) is 36.4 Å². The molecule has 17 heavy (non-hydrogen) atoms. The van der Waals surface area contributed by atoms with Gasteiger partial charge < -0.3 is 10.1 Å². The largest absolute Gasteiger partial charge is 0.411 e. The number of thiazole rings is 1. The Kier molecular flexibility index (Phi) is 3.73. The van der Waals surface area contributed by atoms with Crippen LogP contribution in [0.5, 0.6) is 0 Å². The predicted molar refractivity (Wildman–Crippen MR) is 65.7 cm³/mol. The summed E-state index contributed by atoms with van der Waals surface area (Å²) < 4.78 is 0. The molecule has 1 N–H and O–H groups in total. The van der Waals surface area contributed by atoms with E-state index in [1.54, 1.807) is 18.3 Å². The summed E-state index contributed by atoms with van der Waals surface area (Å²) in [6, 6.07) is 0. The normalized spacial score (nSPS) is 17.8. The van der Waals surface area contributed by atoms with Gasteiger partial charge in [0.25, 0.3) is 0 Å². The lowest BCUT2D eigenvalue weighted by Crippen LogP contribution is -2.36. The molecule has 1 aliphatic heterocycles. The molecule has 0 saturated carbocycles. The lowest BCUT2D eigenvalue weighted by Gasteiger charge is -2.30. The first-order valence-electron chi connectivity index (χ1n) is 5.59. The molecule has 0 aromatic carbocycles. The van der Waals surface area contributed by atoms with E-state index in [0.29, 0.717) is 11.6 Å². The van der Waals surface area contributed by atoms with Crippen molar-refractivity contribution in [2.24, 2.45) is 5.16 Å². The number of rotatable bonds is 2. The van der Waals surface area contributed by atoms with E-state index in [1.165, 1.54) is 6.21 Å². The highest BCUT2D eigenvalue weighted by Crippen LogP contribution is 2.29. The average Bonchev–Trinajstić information content (AvgIpc) is 2.78. The molecule has 0 unspecified atom stereocenters. The number of likely N-dealkylation sites (tertiary alicyclic amines) is 1. The fraction of sp³-hybridized carbons (Fsp3) is 0.545. The van der Waals surface area contributed by atoms with Crippen LogP contribution in [-0.4, -0.2) is 40.3 Å². The summed E-state index contributed by atoms with van der Waals surface area (Å²) in [5.41, 5.74) is 0.696. The molecule has 1 fully saturated rings. The minimum absolute atomic E-state index is 0.149. The molecule has 92 valence electrons. The number of carbonyl (C=O) groups is 1. The molecule has 5 nitrogen and oxygen atoms in total. The molecule has 2 heterocycles. The van der Waals surface area contributed by atoms with Crippen molar-refractivity contribution >= 4 is 23.5 Å². The van der Waals surface area contributed by atoms with Crippen molar-refractivity contribution in [3.05, 3.63) is 16.1 Å². The van der Waals surface area contributed by atoms with Gasteiger partial charge >= 0.3 is 0 Å². The van der Waals surface area contributed by atoms with Crippen LogP contribution in [0, 0.1) is 0 Å². The van der Waals surface area contributed by atoms with Gasteiger partial charge in [-0.05, 0) is 12.8 Å². The van der Waals surface area contributed by atoms with E-state index in [0.717, 1.165) is 30.9 Å². The van der Waals surface area contributed by atoms with E-state index >= 15 is 0 Å². The first kappa shape index (κ1) is 12.0. The summed E-state index contributed by atoms with van der Waals surface area (Å²) in [4.78, 5) is 17.5. The fourth-order valence-electron chi connectivity index (χ4n) is 2.05. The third kappa shape index (κ3) is 2.82. The fourth-order valence-corrected chi connectivity index (χ4v) is 2.99. The second kappa shape index (κ2) is 5.27. The first-order valence-corrected chi connectivity index (χ1v) is 6.47. The van der Waals surface area contributed by atoms with Crippen LogP contribution in [0.4, 0.5) is 0 Å². The number of amides is 1. The van der Waals surface area contributed by atoms with Crippen LogP contribution in [0.25, 0.3) is 0 Å². The van der Waals surface area contributed by atoms with Gasteiger partial charge in [-0.3, -0.25) is 4.79 Å². The summed E-state index contributed by atoms with van der Waals surface area (Å²) in [7, 11) is 0. The van der Waals surface area contributed by atoms with Gasteiger partial charge in [-0.15, -0.1) is 11.3 Å². The van der Waals surface area contributed by atoms with Crippen molar-refractivity contribution in [3.63, 3.8) is 0 Å². The standard InChI is InChI=1S/C11H15N3O2S/c1-8(15)14-4-2-9(3-5-14)11-13-10(6-12-16)7-17-11/h6-7,9,16H,2-5H2,1H3/b12-6+. The molecule has 2 rings (SSSR count). The van der Waals surface area contributed by atoms with E-state index < -0.39 is 0 Å². The van der Waals surface area contributed by atoms with Gasteiger partial charge in [0, 0.05) is 31.3 Å². The highest BCUT2D eigenvalue weighted by molar-refractivity contribution is 7.09. The third-order valence-electron chi connectivity index (χ3n) is 3.02. The van der Waals surface area contributed by atoms with E-state index in [4.69, 9.17) is 5.21 Å². The highest BCUT2D eigenvalue weighted by Gasteiger charge is 2.23. The maximum Gasteiger partial charge on any atom is 0.219 e. The minimum Gasteiger partial charge on any atom is -0.411 e. The summed E-state index contributed by atoms with van der Waals surface area (Å²) in [5.74, 6) is 0.576. The van der Waals surface area contributed by atoms with Gasteiger partial charge in [0.05, 0.1) is 16.9 Å². The summed E-state index contributed by atoms with van der Waals surface area (Å²) in [5, 5.41) is 14.3. The Hall–Kier alpha value is -1.43.